The first kappa shape index (κ1) is 31.7. The van der Waals surface area contributed by atoms with Crippen LogP contribution < -0.4 is 5.32 Å². The fourth-order valence-electron chi connectivity index (χ4n) is 5.62. The maximum atomic E-state index is 14.0. The van der Waals surface area contributed by atoms with Crippen LogP contribution in [0.2, 0.25) is 0 Å². The summed E-state index contributed by atoms with van der Waals surface area (Å²) in [4.78, 5) is 34.9. The van der Waals surface area contributed by atoms with Crippen molar-refractivity contribution in [1.29, 1.82) is 0 Å². The number of thiazole rings is 1. The van der Waals surface area contributed by atoms with Crippen LogP contribution in [-0.2, 0) is 29.1 Å². The standard InChI is InChI=1S/C29H34BrFN4O6S2/c1-29(2,3)41-27(36)17-13-19(14-17)43(38,39)35-10-7-16(8-11-35)23-22(28(37)40-4)24(20-6-5-18(31)15-21(20)30)34-25(33-23)26-32-9-12-42-26/h5-6,9,12,15-17,19,24H,7-8,10-11,13-14H2,1-4H3,(H,33,34)/t17-,19+,24?. The van der Waals surface area contributed by atoms with Gasteiger partial charge in [0.15, 0.2) is 10.8 Å². The number of aliphatic imine (C=N–C) groups is 1. The molecule has 1 aliphatic carbocycles. The average Bonchev–Trinajstić information content (AvgIpc) is 3.45. The number of methoxy groups -OCH3 is 1. The number of aromatic nitrogens is 1. The van der Waals surface area contributed by atoms with Crippen molar-refractivity contribution in [2.45, 2.75) is 63.3 Å². The molecule has 0 amide bonds. The van der Waals surface area contributed by atoms with Crippen LogP contribution in [-0.4, -0.2) is 66.5 Å². The van der Waals surface area contributed by atoms with Crippen LogP contribution >= 0.6 is 27.3 Å². The van der Waals surface area contributed by atoms with Gasteiger partial charge < -0.3 is 14.8 Å². The number of hydrogen-bond acceptors (Lipinski definition) is 10. The quantitative estimate of drug-likeness (QED) is 0.412. The second kappa shape index (κ2) is 12.4. The largest absolute Gasteiger partial charge is 0.466 e. The van der Waals surface area contributed by atoms with Crippen molar-refractivity contribution in [3.63, 3.8) is 0 Å². The second-order valence-electron chi connectivity index (χ2n) is 11.9. The van der Waals surface area contributed by atoms with Crippen LogP contribution in [0.4, 0.5) is 4.39 Å². The number of rotatable bonds is 7. The Morgan fingerprint density at radius 3 is 2.47 bits per heavy atom. The van der Waals surface area contributed by atoms with Crippen molar-refractivity contribution in [3.8, 4) is 0 Å². The predicted octanol–water partition coefficient (Wildman–Crippen LogP) is 4.73. The van der Waals surface area contributed by atoms with Gasteiger partial charge in [-0.2, -0.15) is 0 Å². The molecular formula is C29H34BrFN4O6S2. The van der Waals surface area contributed by atoms with Gasteiger partial charge in [0.25, 0.3) is 0 Å². The van der Waals surface area contributed by atoms with Gasteiger partial charge in [0, 0.05) is 40.8 Å². The van der Waals surface area contributed by atoms with E-state index in [0.717, 1.165) is 0 Å². The smallest absolute Gasteiger partial charge is 0.338 e. The summed E-state index contributed by atoms with van der Waals surface area (Å²) in [5, 5.41) is 5.14. The number of benzene rings is 1. The first-order valence-corrected chi connectivity index (χ1v) is 17.2. The van der Waals surface area contributed by atoms with E-state index in [2.05, 4.69) is 26.2 Å². The predicted molar refractivity (Wildman–Crippen MR) is 163 cm³/mol. The zero-order valence-electron chi connectivity index (χ0n) is 24.3. The SMILES string of the molecule is COC(=O)C1=C(C2CCN(S(=O)(=O)[C@H]3C[C@@H](C(=O)OC(C)(C)C)C3)CC2)NC(c2nccs2)=NC1c1ccc(F)cc1Br. The minimum absolute atomic E-state index is 0.205. The van der Waals surface area contributed by atoms with Gasteiger partial charge in [-0.25, -0.2) is 26.9 Å². The number of carbonyl (C=O) groups is 2. The molecule has 1 aromatic carbocycles. The molecule has 0 bridgehead atoms. The van der Waals surface area contributed by atoms with Crippen LogP contribution in [0.1, 0.15) is 63.1 Å². The molecule has 14 heteroatoms. The molecular weight excluding hydrogens is 663 g/mol. The number of carbonyl (C=O) groups excluding carboxylic acids is 2. The van der Waals surface area contributed by atoms with E-state index in [1.165, 1.54) is 34.9 Å². The number of piperidine rings is 1. The Balaban J connectivity index is 1.38. The van der Waals surface area contributed by atoms with Crippen molar-refractivity contribution in [2.75, 3.05) is 20.2 Å². The fraction of sp³-hybridized carbons (Fsp3) is 0.517. The van der Waals surface area contributed by atoms with Crippen LogP contribution in [0.5, 0.6) is 0 Å². The van der Waals surface area contributed by atoms with E-state index in [-0.39, 0.29) is 43.4 Å². The molecule has 1 atom stereocenters. The average molecular weight is 698 g/mol. The fourth-order valence-corrected chi connectivity index (χ4v) is 8.86. The molecule has 43 heavy (non-hydrogen) atoms. The molecule has 232 valence electrons. The van der Waals surface area contributed by atoms with Gasteiger partial charge in [-0.1, -0.05) is 22.0 Å². The number of nitrogens with zero attached hydrogens (tertiary/aromatic N) is 3. The minimum atomic E-state index is -3.61. The number of halogens is 2. The summed E-state index contributed by atoms with van der Waals surface area (Å²) < 4.78 is 53.4. The van der Waals surface area contributed by atoms with E-state index in [1.54, 1.807) is 33.0 Å². The van der Waals surface area contributed by atoms with Crippen LogP contribution in [0, 0.1) is 17.7 Å². The van der Waals surface area contributed by atoms with Gasteiger partial charge in [-0.3, -0.25) is 9.79 Å². The van der Waals surface area contributed by atoms with E-state index < -0.39 is 44.6 Å². The molecule has 0 radical (unpaired) electrons. The number of allylic oxidation sites excluding steroid dienone is 1. The normalized spacial score (nSPS) is 23.7. The number of sulfonamides is 1. The number of esters is 2. The van der Waals surface area contributed by atoms with Gasteiger partial charge in [-0.15, -0.1) is 11.3 Å². The molecule has 3 aliphatic rings. The summed E-state index contributed by atoms with van der Waals surface area (Å²) in [6.07, 6.45) is 3.05. The lowest BCUT2D eigenvalue weighted by atomic mass is 9.85. The monoisotopic (exact) mass is 696 g/mol. The van der Waals surface area contributed by atoms with Crippen molar-refractivity contribution in [1.82, 2.24) is 14.6 Å². The van der Waals surface area contributed by atoms with Gasteiger partial charge in [0.2, 0.25) is 10.0 Å². The Labute approximate surface area is 262 Å². The van der Waals surface area contributed by atoms with Crippen molar-refractivity contribution in [3.05, 3.63) is 61.9 Å². The van der Waals surface area contributed by atoms with E-state index >= 15 is 0 Å². The van der Waals surface area contributed by atoms with Gasteiger partial charge in [0.1, 0.15) is 17.5 Å². The molecule has 1 aromatic heterocycles. The number of nitrogens with one attached hydrogen (secondary N) is 1. The molecule has 2 aromatic rings. The highest BCUT2D eigenvalue weighted by atomic mass is 79.9. The van der Waals surface area contributed by atoms with E-state index in [1.807, 2.05) is 5.38 Å². The maximum Gasteiger partial charge on any atom is 0.338 e. The maximum absolute atomic E-state index is 14.0. The molecule has 2 aliphatic heterocycles. The third-order valence-corrected chi connectivity index (χ3v) is 11.6. The summed E-state index contributed by atoms with van der Waals surface area (Å²) in [5.41, 5.74) is 0.845. The second-order valence-corrected chi connectivity index (χ2v) is 15.8. The van der Waals surface area contributed by atoms with Crippen molar-refractivity contribution < 1.29 is 31.9 Å². The minimum Gasteiger partial charge on any atom is -0.466 e. The van der Waals surface area contributed by atoms with Crippen molar-refractivity contribution >= 4 is 55.1 Å². The Kier molecular flexibility index (Phi) is 9.13. The zero-order valence-corrected chi connectivity index (χ0v) is 27.5. The van der Waals surface area contributed by atoms with E-state index in [9.17, 15) is 22.4 Å². The Hall–Kier alpha value is -2.68. The summed E-state index contributed by atoms with van der Waals surface area (Å²) >= 11 is 4.81. The molecule has 1 N–H and O–H groups in total. The van der Waals surface area contributed by atoms with E-state index in [0.29, 0.717) is 39.4 Å². The summed E-state index contributed by atoms with van der Waals surface area (Å²) in [7, 11) is -2.32. The Morgan fingerprint density at radius 1 is 1.19 bits per heavy atom. The molecule has 1 saturated carbocycles. The topological polar surface area (TPSA) is 127 Å². The van der Waals surface area contributed by atoms with Gasteiger partial charge >= 0.3 is 11.9 Å². The molecule has 3 heterocycles. The molecule has 0 spiro atoms. The first-order chi connectivity index (χ1) is 20.3. The molecule has 10 nitrogen and oxygen atoms in total. The Morgan fingerprint density at radius 2 is 1.88 bits per heavy atom. The third-order valence-electron chi connectivity index (χ3n) is 7.85. The third kappa shape index (κ3) is 6.71. The van der Waals surface area contributed by atoms with Gasteiger partial charge in [-0.05, 0) is 64.2 Å². The molecule has 1 saturated heterocycles. The lowest BCUT2D eigenvalue weighted by Crippen LogP contribution is -2.50. The van der Waals surface area contributed by atoms with E-state index in [4.69, 9.17) is 14.5 Å². The van der Waals surface area contributed by atoms with Crippen LogP contribution in [0.15, 0.2) is 50.5 Å². The summed E-state index contributed by atoms with van der Waals surface area (Å²) in [6.45, 7) is 5.88. The number of amidine groups is 1. The number of ether oxygens (including phenoxy) is 2. The first-order valence-electron chi connectivity index (χ1n) is 14.0. The highest BCUT2D eigenvalue weighted by Crippen LogP contribution is 2.42. The summed E-state index contributed by atoms with van der Waals surface area (Å²) in [5.74, 6) is -1.52. The number of hydrogen-bond donors (Lipinski definition) is 1. The van der Waals surface area contributed by atoms with Crippen LogP contribution in [0.25, 0.3) is 0 Å². The highest BCUT2D eigenvalue weighted by Gasteiger charge is 2.47. The van der Waals surface area contributed by atoms with Crippen LogP contribution in [0.3, 0.4) is 0 Å². The Bertz CT molecular complexity index is 1560. The lowest BCUT2D eigenvalue weighted by molar-refractivity contribution is -0.162. The molecule has 2 fully saturated rings. The zero-order chi connectivity index (χ0) is 31.1. The summed E-state index contributed by atoms with van der Waals surface area (Å²) in [6, 6.07) is 3.41. The van der Waals surface area contributed by atoms with Gasteiger partial charge in [0.05, 0.1) is 23.9 Å². The van der Waals surface area contributed by atoms with Crippen molar-refractivity contribution in [2.24, 2.45) is 16.8 Å². The highest BCUT2D eigenvalue weighted by molar-refractivity contribution is 9.10. The lowest BCUT2D eigenvalue weighted by Gasteiger charge is -2.40. The molecule has 5 rings (SSSR count). The molecule has 1 unspecified atom stereocenters.